The molecule has 0 bridgehead atoms. The van der Waals surface area contributed by atoms with Crippen molar-refractivity contribution in [2.75, 3.05) is 11.4 Å². The second kappa shape index (κ2) is 5.52. The van der Waals surface area contributed by atoms with Crippen molar-refractivity contribution in [1.29, 1.82) is 0 Å². The van der Waals surface area contributed by atoms with Gasteiger partial charge in [-0.2, -0.15) is 0 Å². The number of amides is 1. The summed E-state index contributed by atoms with van der Waals surface area (Å²) in [6, 6.07) is 2.16. The van der Waals surface area contributed by atoms with Gasteiger partial charge in [-0.1, -0.05) is 12.8 Å². The van der Waals surface area contributed by atoms with Crippen LogP contribution >= 0.6 is 11.6 Å². The zero-order valence-electron chi connectivity index (χ0n) is 10.4. The number of primary amides is 1. The largest absolute Gasteiger partial charge is 0.368 e. The molecule has 1 aromatic heterocycles. The van der Waals surface area contributed by atoms with E-state index < -0.39 is 0 Å². The Labute approximate surface area is 111 Å². The van der Waals surface area contributed by atoms with Crippen LogP contribution in [0.2, 0.25) is 5.28 Å². The molecular formula is C12H17ClN4O. The third-order valence-electron chi connectivity index (χ3n) is 3.20. The second-order valence-corrected chi connectivity index (χ2v) is 5.01. The molecular weight excluding hydrogens is 252 g/mol. The van der Waals surface area contributed by atoms with Crippen molar-refractivity contribution in [3.05, 3.63) is 17.0 Å². The molecule has 1 aliphatic carbocycles. The number of aromatic nitrogens is 2. The smallest absolute Gasteiger partial charge is 0.237 e. The first-order chi connectivity index (χ1) is 8.56. The third kappa shape index (κ3) is 3.10. The van der Waals surface area contributed by atoms with E-state index in [0.717, 1.165) is 18.5 Å². The summed E-state index contributed by atoms with van der Waals surface area (Å²) >= 11 is 5.87. The van der Waals surface area contributed by atoms with E-state index in [1.54, 1.807) is 0 Å². The summed E-state index contributed by atoms with van der Waals surface area (Å²) < 4.78 is 0. The van der Waals surface area contributed by atoms with Crippen LogP contribution in [0.4, 0.5) is 5.82 Å². The number of rotatable bonds is 4. The number of halogens is 1. The molecule has 0 atom stereocenters. The van der Waals surface area contributed by atoms with Gasteiger partial charge < -0.3 is 10.6 Å². The predicted octanol–water partition coefficient (Wildman–Crippen LogP) is 1.67. The van der Waals surface area contributed by atoms with E-state index in [1.807, 2.05) is 17.9 Å². The van der Waals surface area contributed by atoms with Gasteiger partial charge in [0.15, 0.2) is 0 Å². The Bertz CT molecular complexity index is 425. The van der Waals surface area contributed by atoms with E-state index >= 15 is 0 Å². The minimum Gasteiger partial charge on any atom is -0.368 e. The van der Waals surface area contributed by atoms with Gasteiger partial charge in [0.05, 0.1) is 6.54 Å². The Hall–Kier alpha value is -1.36. The van der Waals surface area contributed by atoms with Crippen molar-refractivity contribution < 1.29 is 4.79 Å². The van der Waals surface area contributed by atoms with Crippen LogP contribution in [0.15, 0.2) is 6.07 Å². The molecule has 1 heterocycles. The molecule has 1 aliphatic rings. The number of anilines is 1. The lowest BCUT2D eigenvalue weighted by molar-refractivity contribution is -0.116. The predicted molar refractivity (Wildman–Crippen MR) is 70.6 cm³/mol. The highest BCUT2D eigenvalue weighted by Gasteiger charge is 2.25. The average molecular weight is 269 g/mol. The number of carbonyl (C=O) groups is 1. The molecule has 6 heteroatoms. The van der Waals surface area contributed by atoms with Crippen molar-refractivity contribution >= 4 is 23.3 Å². The molecule has 5 nitrogen and oxygen atoms in total. The van der Waals surface area contributed by atoms with Crippen molar-refractivity contribution in [2.45, 2.75) is 38.6 Å². The lowest BCUT2D eigenvalue weighted by Crippen LogP contribution is -2.40. The van der Waals surface area contributed by atoms with Crippen LogP contribution in [0.1, 0.15) is 31.4 Å². The van der Waals surface area contributed by atoms with Gasteiger partial charge >= 0.3 is 0 Å². The molecule has 2 N–H and O–H groups in total. The first-order valence-electron chi connectivity index (χ1n) is 6.12. The van der Waals surface area contributed by atoms with Crippen LogP contribution in [0, 0.1) is 6.92 Å². The van der Waals surface area contributed by atoms with Crippen LogP contribution in [0.5, 0.6) is 0 Å². The first kappa shape index (κ1) is 13.1. The van der Waals surface area contributed by atoms with Gasteiger partial charge in [-0.15, -0.1) is 0 Å². The highest BCUT2D eigenvalue weighted by atomic mass is 35.5. The van der Waals surface area contributed by atoms with E-state index in [0.29, 0.717) is 11.9 Å². The van der Waals surface area contributed by atoms with Gasteiger partial charge in [0.25, 0.3) is 0 Å². The van der Waals surface area contributed by atoms with Crippen LogP contribution in [-0.4, -0.2) is 28.5 Å². The Morgan fingerprint density at radius 3 is 2.72 bits per heavy atom. The number of aryl methyl sites for hydroxylation is 1. The van der Waals surface area contributed by atoms with Crippen molar-refractivity contribution in [2.24, 2.45) is 5.73 Å². The van der Waals surface area contributed by atoms with Crippen LogP contribution < -0.4 is 10.6 Å². The SMILES string of the molecule is Cc1cc(N(CC(N)=O)C2CCCC2)nc(Cl)n1. The minimum absolute atomic E-state index is 0.178. The molecule has 1 fully saturated rings. The average Bonchev–Trinajstić information content (AvgIpc) is 2.77. The summed E-state index contributed by atoms with van der Waals surface area (Å²) in [5.74, 6) is 0.340. The molecule has 1 saturated carbocycles. The van der Waals surface area contributed by atoms with E-state index in [4.69, 9.17) is 17.3 Å². The van der Waals surface area contributed by atoms with Crippen molar-refractivity contribution in [3.8, 4) is 0 Å². The van der Waals surface area contributed by atoms with Gasteiger partial charge in [-0.25, -0.2) is 9.97 Å². The van der Waals surface area contributed by atoms with Gasteiger partial charge in [0.2, 0.25) is 11.2 Å². The lowest BCUT2D eigenvalue weighted by Gasteiger charge is -2.28. The van der Waals surface area contributed by atoms with Crippen LogP contribution in [0.3, 0.4) is 0 Å². The number of nitrogens with two attached hydrogens (primary N) is 1. The number of hydrogen-bond acceptors (Lipinski definition) is 4. The number of carbonyl (C=O) groups excluding carboxylic acids is 1. The zero-order chi connectivity index (χ0) is 13.1. The zero-order valence-corrected chi connectivity index (χ0v) is 11.2. The molecule has 0 unspecified atom stereocenters. The fourth-order valence-electron chi connectivity index (χ4n) is 2.44. The Morgan fingerprint density at radius 2 is 2.17 bits per heavy atom. The Balaban J connectivity index is 2.28. The van der Waals surface area contributed by atoms with Crippen molar-refractivity contribution in [1.82, 2.24) is 9.97 Å². The van der Waals surface area contributed by atoms with Gasteiger partial charge in [0.1, 0.15) is 5.82 Å². The van der Waals surface area contributed by atoms with E-state index in [-0.39, 0.29) is 17.7 Å². The summed E-state index contributed by atoms with van der Waals surface area (Å²) in [5, 5.41) is 0.206. The van der Waals surface area contributed by atoms with Gasteiger partial charge in [0, 0.05) is 17.8 Å². The number of nitrogens with zero attached hydrogens (tertiary/aromatic N) is 3. The fraction of sp³-hybridized carbons (Fsp3) is 0.583. The molecule has 1 amide bonds. The normalized spacial score (nSPS) is 15.9. The van der Waals surface area contributed by atoms with E-state index in [1.165, 1.54) is 12.8 Å². The lowest BCUT2D eigenvalue weighted by atomic mass is 10.2. The number of hydrogen-bond donors (Lipinski definition) is 1. The molecule has 0 aliphatic heterocycles. The maximum Gasteiger partial charge on any atom is 0.237 e. The van der Waals surface area contributed by atoms with E-state index in [2.05, 4.69) is 9.97 Å². The molecule has 1 aromatic rings. The van der Waals surface area contributed by atoms with Gasteiger partial charge in [-0.3, -0.25) is 4.79 Å². The third-order valence-corrected chi connectivity index (χ3v) is 3.37. The maximum absolute atomic E-state index is 11.2. The maximum atomic E-state index is 11.2. The van der Waals surface area contributed by atoms with Crippen molar-refractivity contribution in [3.63, 3.8) is 0 Å². The Morgan fingerprint density at radius 1 is 1.50 bits per heavy atom. The highest BCUT2D eigenvalue weighted by Crippen LogP contribution is 2.27. The molecule has 0 spiro atoms. The summed E-state index contributed by atoms with van der Waals surface area (Å²) in [4.78, 5) is 21.4. The molecule has 0 radical (unpaired) electrons. The second-order valence-electron chi connectivity index (χ2n) is 4.67. The summed E-state index contributed by atoms with van der Waals surface area (Å²) in [7, 11) is 0. The standard InChI is InChI=1S/C12H17ClN4O/c1-8-6-11(16-12(13)15-8)17(7-10(14)18)9-4-2-3-5-9/h6,9H,2-5,7H2,1H3,(H2,14,18). The summed E-state index contributed by atoms with van der Waals surface area (Å²) in [5.41, 5.74) is 6.11. The van der Waals surface area contributed by atoms with Crippen LogP contribution in [0.25, 0.3) is 0 Å². The first-order valence-corrected chi connectivity index (χ1v) is 6.50. The van der Waals surface area contributed by atoms with Crippen LogP contribution in [-0.2, 0) is 4.79 Å². The molecule has 98 valence electrons. The molecule has 0 saturated heterocycles. The molecule has 18 heavy (non-hydrogen) atoms. The molecule has 0 aromatic carbocycles. The quantitative estimate of drug-likeness (QED) is 0.843. The fourth-order valence-corrected chi connectivity index (χ4v) is 2.66. The monoisotopic (exact) mass is 268 g/mol. The summed E-state index contributed by atoms with van der Waals surface area (Å²) in [6.07, 6.45) is 4.48. The molecule has 2 rings (SSSR count). The topological polar surface area (TPSA) is 72.1 Å². The Kier molecular flexibility index (Phi) is 4.01. The van der Waals surface area contributed by atoms with Gasteiger partial charge in [-0.05, 0) is 31.4 Å². The summed E-state index contributed by atoms with van der Waals surface area (Å²) in [6.45, 7) is 2.03. The minimum atomic E-state index is -0.353. The van der Waals surface area contributed by atoms with E-state index in [9.17, 15) is 4.79 Å². The highest BCUT2D eigenvalue weighted by molar-refractivity contribution is 6.28.